The monoisotopic (exact) mass is 205 g/mol. The summed E-state index contributed by atoms with van der Waals surface area (Å²) in [4.78, 5) is 11.2. The number of methoxy groups -OCH3 is 1. The number of rotatable bonds is 2. The van der Waals surface area contributed by atoms with Gasteiger partial charge in [0.2, 0.25) is 0 Å². The maximum absolute atomic E-state index is 11.2. The van der Waals surface area contributed by atoms with Crippen LogP contribution in [-0.4, -0.2) is 19.6 Å². The molecule has 0 radical (unpaired) electrons. The lowest BCUT2D eigenvalue weighted by Gasteiger charge is -2.25. The quantitative estimate of drug-likeness (QED) is 0.742. The molecule has 0 aliphatic carbocycles. The van der Waals surface area contributed by atoms with E-state index in [4.69, 9.17) is 0 Å². The van der Waals surface area contributed by atoms with Gasteiger partial charge < -0.3 is 10.1 Å². The van der Waals surface area contributed by atoms with E-state index >= 15 is 0 Å². The lowest BCUT2D eigenvalue weighted by Crippen LogP contribution is -2.31. The van der Waals surface area contributed by atoms with Crippen molar-refractivity contribution in [3.8, 4) is 0 Å². The van der Waals surface area contributed by atoms with Gasteiger partial charge in [0, 0.05) is 6.04 Å². The average molecular weight is 205 g/mol. The molecule has 0 bridgehead atoms. The highest BCUT2D eigenvalue weighted by atomic mass is 16.5. The van der Waals surface area contributed by atoms with Crippen molar-refractivity contribution in [3.05, 3.63) is 35.4 Å². The number of ether oxygens (including phenoxy) is 1. The standard InChI is InChI=1S/C12H15NO2/c1-15-12(14)8-11-10-5-3-2-4-9(10)6-7-13-11/h2-5,11,13H,6-8H2,1H3/t11-/m1/s1. The van der Waals surface area contributed by atoms with Crippen LogP contribution in [0.15, 0.2) is 24.3 Å². The van der Waals surface area contributed by atoms with E-state index in [0.717, 1.165) is 13.0 Å². The lowest BCUT2D eigenvalue weighted by molar-refractivity contribution is -0.141. The topological polar surface area (TPSA) is 38.3 Å². The fourth-order valence-corrected chi connectivity index (χ4v) is 2.02. The Bertz CT molecular complexity index is 362. The van der Waals surface area contributed by atoms with Crippen LogP contribution in [0.1, 0.15) is 23.6 Å². The summed E-state index contributed by atoms with van der Waals surface area (Å²) in [7, 11) is 1.43. The highest BCUT2D eigenvalue weighted by molar-refractivity contribution is 5.70. The number of carbonyl (C=O) groups is 1. The van der Waals surface area contributed by atoms with E-state index in [1.165, 1.54) is 18.2 Å². The lowest BCUT2D eigenvalue weighted by atomic mass is 9.93. The summed E-state index contributed by atoms with van der Waals surface area (Å²) in [5.74, 6) is -0.163. The molecular weight excluding hydrogens is 190 g/mol. The van der Waals surface area contributed by atoms with Gasteiger partial charge in [-0.05, 0) is 24.1 Å². The van der Waals surface area contributed by atoms with Crippen molar-refractivity contribution in [2.75, 3.05) is 13.7 Å². The Labute approximate surface area is 89.4 Å². The highest BCUT2D eigenvalue weighted by Gasteiger charge is 2.21. The molecule has 0 aromatic heterocycles. The van der Waals surface area contributed by atoms with Crippen LogP contribution in [0.3, 0.4) is 0 Å². The fraction of sp³-hybridized carbons (Fsp3) is 0.417. The molecule has 15 heavy (non-hydrogen) atoms. The predicted octanol–water partition coefficient (Wildman–Crippen LogP) is 1.44. The van der Waals surface area contributed by atoms with E-state index in [9.17, 15) is 4.79 Å². The van der Waals surface area contributed by atoms with Crippen molar-refractivity contribution < 1.29 is 9.53 Å². The molecule has 0 unspecified atom stereocenters. The minimum absolute atomic E-state index is 0.113. The average Bonchev–Trinajstić information content (AvgIpc) is 2.29. The molecule has 1 N–H and O–H groups in total. The van der Waals surface area contributed by atoms with Crippen LogP contribution < -0.4 is 5.32 Å². The molecule has 3 nitrogen and oxygen atoms in total. The van der Waals surface area contributed by atoms with Gasteiger partial charge in [-0.3, -0.25) is 4.79 Å². The van der Waals surface area contributed by atoms with E-state index in [0.29, 0.717) is 6.42 Å². The van der Waals surface area contributed by atoms with Crippen molar-refractivity contribution in [3.63, 3.8) is 0 Å². The van der Waals surface area contributed by atoms with Crippen LogP contribution in [0.5, 0.6) is 0 Å². The molecule has 1 atom stereocenters. The molecule has 1 aromatic carbocycles. The number of hydrogen-bond donors (Lipinski definition) is 1. The number of benzene rings is 1. The molecule has 0 saturated carbocycles. The molecule has 1 aliphatic heterocycles. The molecule has 0 spiro atoms. The van der Waals surface area contributed by atoms with E-state index in [-0.39, 0.29) is 12.0 Å². The first kappa shape index (κ1) is 10.2. The summed E-state index contributed by atoms with van der Waals surface area (Å²) in [5.41, 5.74) is 2.57. The van der Waals surface area contributed by atoms with Crippen LogP contribution in [0.25, 0.3) is 0 Å². The van der Waals surface area contributed by atoms with Gasteiger partial charge >= 0.3 is 5.97 Å². The van der Waals surface area contributed by atoms with Gasteiger partial charge in [-0.1, -0.05) is 24.3 Å². The van der Waals surface area contributed by atoms with E-state index in [2.05, 4.69) is 22.2 Å². The van der Waals surface area contributed by atoms with E-state index in [1.54, 1.807) is 0 Å². The highest BCUT2D eigenvalue weighted by Crippen LogP contribution is 2.25. The van der Waals surface area contributed by atoms with Crippen LogP contribution >= 0.6 is 0 Å². The number of hydrogen-bond acceptors (Lipinski definition) is 3. The first-order valence-corrected chi connectivity index (χ1v) is 5.19. The minimum Gasteiger partial charge on any atom is -0.469 e. The van der Waals surface area contributed by atoms with Gasteiger partial charge in [-0.2, -0.15) is 0 Å². The maximum Gasteiger partial charge on any atom is 0.307 e. The molecule has 1 aliphatic rings. The number of esters is 1. The zero-order chi connectivity index (χ0) is 10.7. The molecule has 0 amide bonds. The van der Waals surface area contributed by atoms with Gasteiger partial charge in [0.05, 0.1) is 13.5 Å². The molecule has 1 heterocycles. The summed E-state index contributed by atoms with van der Waals surface area (Å²) in [6.07, 6.45) is 1.45. The summed E-state index contributed by atoms with van der Waals surface area (Å²) < 4.78 is 4.69. The SMILES string of the molecule is COC(=O)C[C@H]1NCCc2ccccc21. The van der Waals surface area contributed by atoms with Crippen molar-refractivity contribution in [1.82, 2.24) is 5.32 Å². The summed E-state index contributed by atoms with van der Waals surface area (Å²) in [5, 5.41) is 3.34. The second-order valence-electron chi connectivity index (χ2n) is 3.74. The molecule has 0 fully saturated rings. The molecule has 2 rings (SSSR count). The Balaban J connectivity index is 2.18. The molecule has 0 saturated heterocycles. The first-order valence-electron chi connectivity index (χ1n) is 5.19. The van der Waals surface area contributed by atoms with Crippen LogP contribution in [-0.2, 0) is 16.0 Å². The third-order valence-electron chi connectivity index (χ3n) is 2.81. The third kappa shape index (κ3) is 2.18. The van der Waals surface area contributed by atoms with Crippen LogP contribution in [0, 0.1) is 0 Å². The molecule has 80 valence electrons. The van der Waals surface area contributed by atoms with Gasteiger partial charge in [0.15, 0.2) is 0 Å². The largest absolute Gasteiger partial charge is 0.469 e. The Kier molecular flexibility index (Phi) is 3.02. The Hall–Kier alpha value is -1.35. The maximum atomic E-state index is 11.2. The number of nitrogens with one attached hydrogen (secondary N) is 1. The second kappa shape index (κ2) is 4.45. The van der Waals surface area contributed by atoms with Crippen molar-refractivity contribution in [2.45, 2.75) is 18.9 Å². The minimum atomic E-state index is -0.163. The van der Waals surface area contributed by atoms with Gasteiger partial charge in [0.1, 0.15) is 0 Å². The summed E-state index contributed by atoms with van der Waals surface area (Å²) in [6, 6.07) is 8.37. The van der Waals surface area contributed by atoms with Crippen LogP contribution in [0.2, 0.25) is 0 Å². The zero-order valence-corrected chi connectivity index (χ0v) is 8.82. The van der Waals surface area contributed by atoms with Crippen molar-refractivity contribution in [2.24, 2.45) is 0 Å². The fourth-order valence-electron chi connectivity index (χ4n) is 2.02. The summed E-state index contributed by atoms with van der Waals surface area (Å²) in [6.45, 7) is 0.929. The van der Waals surface area contributed by atoms with Gasteiger partial charge in [-0.25, -0.2) is 0 Å². The molecule has 1 aromatic rings. The van der Waals surface area contributed by atoms with Gasteiger partial charge in [0.25, 0.3) is 0 Å². The number of fused-ring (bicyclic) bond motifs is 1. The second-order valence-corrected chi connectivity index (χ2v) is 3.74. The Morgan fingerprint density at radius 3 is 3.13 bits per heavy atom. The Morgan fingerprint density at radius 2 is 2.33 bits per heavy atom. The van der Waals surface area contributed by atoms with Crippen molar-refractivity contribution in [1.29, 1.82) is 0 Å². The summed E-state index contributed by atoms with van der Waals surface area (Å²) >= 11 is 0. The van der Waals surface area contributed by atoms with Crippen LogP contribution in [0.4, 0.5) is 0 Å². The predicted molar refractivity (Wildman–Crippen MR) is 57.5 cm³/mol. The normalized spacial score (nSPS) is 19.4. The van der Waals surface area contributed by atoms with Gasteiger partial charge in [-0.15, -0.1) is 0 Å². The smallest absolute Gasteiger partial charge is 0.307 e. The Morgan fingerprint density at radius 1 is 1.53 bits per heavy atom. The first-order chi connectivity index (χ1) is 7.31. The van der Waals surface area contributed by atoms with Crippen molar-refractivity contribution >= 4 is 5.97 Å². The van der Waals surface area contributed by atoms with E-state index in [1.807, 2.05) is 12.1 Å². The van der Waals surface area contributed by atoms with E-state index < -0.39 is 0 Å². The number of carbonyl (C=O) groups excluding carboxylic acids is 1. The third-order valence-corrected chi connectivity index (χ3v) is 2.81. The molecule has 3 heteroatoms. The zero-order valence-electron chi connectivity index (χ0n) is 8.82. The molecular formula is C12H15NO2.